The van der Waals surface area contributed by atoms with Gasteiger partial charge in [-0.05, 0) is 17.7 Å². The summed E-state index contributed by atoms with van der Waals surface area (Å²) in [6.07, 6.45) is 0. The zero-order valence-electron chi connectivity index (χ0n) is 13.1. The van der Waals surface area contributed by atoms with Crippen molar-refractivity contribution in [3.05, 3.63) is 57.8 Å². The molecule has 118 valence electrons. The smallest absolute Gasteiger partial charge is 0.243 e. The second-order valence-electron chi connectivity index (χ2n) is 6.53. The SMILES string of the molecule is CC(C)(C)c1nc2c([nH]1)C(c1cccc(Cl)c1)C(C#N)=C(N)O2. The van der Waals surface area contributed by atoms with Crippen LogP contribution >= 0.6 is 11.6 Å². The van der Waals surface area contributed by atoms with Crippen molar-refractivity contribution < 1.29 is 4.74 Å². The molecule has 1 atom stereocenters. The van der Waals surface area contributed by atoms with E-state index in [-0.39, 0.29) is 17.2 Å². The highest BCUT2D eigenvalue weighted by Crippen LogP contribution is 2.42. The van der Waals surface area contributed by atoms with E-state index >= 15 is 0 Å². The molecule has 1 aliphatic rings. The minimum Gasteiger partial charge on any atom is -0.420 e. The van der Waals surface area contributed by atoms with Gasteiger partial charge in [0.25, 0.3) is 0 Å². The summed E-state index contributed by atoms with van der Waals surface area (Å²) in [5.74, 6) is 0.904. The Balaban J connectivity index is 2.21. The topological polar surface area (TPSA) is 87.7 Å². The number of nitriles is 1. The first-order valence-corrected chi connectivity index (χ1v) is 7.62. The van der Waals surface area contributed by atoms with E-state index in [4.69, 9.17) is 22.1 Å². The van der Waals surface area contributed by atoms with Gasteiger partial charge < -0.3 is 15.5 Å². The summed E-state index contributed by atoms with van der Waals surface area (Å²) in [5.41, 5.74) is 7.70. The first kappa shape index (κ1) is 15.4. The molecule has 1 aromatic heterocycles. The van der Waals surface area contributed by atoms with Gasteiger partial charge in [0.15, 0.2) is 0 Å². The summed E-state index contributed by atoms with van der Waals surface area (Å²) in [6, 6.07) is 9.52. The summed E-state index contributed by atoms with van der Waals surface area (Å²) < 4.78 is 5.55. The molecule has 1 unspecified atom stereocenters. The number of H-pyrrole nitrogens is 1. The molecular weight excluding hydrogens is 312 g/mol. The van der Waals surface area contributed by atoms with Crippen molar-refractivity contribution in [3.63, 3.8) is 0 Å². The molecule has 6 heteroatoms. The van der Waals surface area contributed by atoms with E-state index in [2.05, 4.69) is 16.0 Å². The summed E-state index contributed by atoms with van der Waals surface area (Å²) in [5, 5.41) is 10.1. The number of rotatable bonds is 1. The molecule has 2 heterocycles. The van der Waals surface area contributed by atoms with Crippen molar-refractivity contribution in [1.82, 2.24) is 9.97 Å². The highest BCUT2D eigenvalue weighted by atomic mass is 35.5. The number of aromatic amines is 1. The van der Waals surface area contributed by atoms with Crippen LogP contribution < -0.4 is 10.5 Å². The number of benzene rings is 1. The molecule has 0 bridgehead atoms. The third-order valence-electron chi connectivity index (χ3n) is 3.76. The minimum absolute atomic E-state index is 0.0805. The van der Waals surface area contributed by atoms with E-state index in [0.717, 1.165) is 17.1 Å². The van der Waals surface area contributed by atoms with E-state index < -0.39 is 0 Å². The van der Waals surface area contributed by atoms with Crippen LogP contribution in [-0.2, 0) is 5.41 Å². The average molecular weight is 329 g/mol. The van der Waals surface area contributed by atoms with Crippen LogP contribution in [0.1, 0.15) is 43.8 Å². The predicted octanol–water partition coefficient (Wildman–Crippen LogP) is 3.58. The van der Waals surface area contributed by atoms with Crippen molar-refractivity contribution in [2.45, 2.75) is 32.1 Å². The summed E-state index contributed by atoms with van der Waals surface area (Å²) in [7, 11) is 0. The highest BCUT2D eigenvalue weighted by molar-refractivity contribution is 6.30. The lowest BCUT2D eigenvalue weighted by Gasteiger charge is -2.22. The number of nitrogens with two attached hydrogens (primary N) is 1. The fourth-order valence-electron chi connectivity index (χ4n) is 2.58. The van der Waals surface area contributed by atoms with E-state index in [0.29, 0.717) is 16.5 Å². The first-order valence-electron chi connectivity index (χ1n) is 7.24. The van der Waals surface area contributed by atoms with E-state index in [1.165, 1.54) is 0 Å². The summed E-state index contributed by atoms with van der Waals surface area (Å²) in [6.45, 7) is 6.15. The van der Waals surface area contributed by atoms with Gasteiger partial charge in [-0.15, -0.1) is 0 Å². The van der Waals surface area contributed by atoms with Crippen LogP contribution in [0.4, 0.5) is 0 Å². The van der Waals surface area contributed by atoms with Crippen LogP contribution in [0.5, 0.6) is 5.88 Å². The van der Waals surface area contributed by atoms with Crippen LogP contribution in [0.3, 0.4) is 0 Å². The number of allylic oxidation sites excluding steroid dienone is 1. The molecule has 0 radical (unpaired) electrons. The average Bonchev–Trinajstić information content (AvgIpc) is 2.89. The van der Waals surface area contributed by atoms with Crippen molar-refractivity contribution in [1.29, 1.82) is 5.26 Å². The molecule has 3 N–H and O–H groups in total. The third kappa shape index (κ3) is 2.66. The van der Waals surface area contributed by atoms with Crippen LogP contribution in [0.15, 0.2) is 35.7 Å². The number of imidazole rings is 1. The maximum absolute atomic E-state index is 9.52. The van der Waals surface area contributed by atoms with Crippen LogP contribution in [0.2, 0.25) is 5.02 Å². The van der Waals surface area contributed by atoms with Gasteiger partial charge in [-0.2, -0.15) is 10.2 Å². The Bertz CT molecular complexity index is 839. The number of ether oxygens (including phenoxy) is 1. The number of hydrogen-bond donors (Lipinski definition) is 2. The number of nitrogens with one attached hydrogen (secondary N) is 1. The van der Waals surface area contributed by atoms with Gasteiger partial charge in [-0.1, -0.05) is 44.5 Å². The molecule has 5 nitrogen and oxygen atoms in total. The number of nitrogens with zero attached hydrogens (tertiary/aromatic N) is 2. The number of hydrogen-bond acceptors (Lipinski definition) is 4. The zero-order chi connectivity index (χ0) is 16.8. The summed E-state index contributed by atoms with van der Waals surface area (Å²) >= 11 is 6.11. The fourth-order valence-corrected chi connectivity index (χ4v) is 2.78. The Morgan fingerprint density at radius 2 is 2.13 bits per heavy atom. The van der Waals surface area contributed by atoms with Gasteiger partial charge in [-0.3, -0.25) is 0 Å². The molecule has 0 aliphatic carbocycles. The monoisotopic (exact) mass is 328 g/mol. The predicted molar refractivity (Wildman–Crippen MR) is 88.0 cm³/mol. The van der Waals surface area contributed by atoms with Gasteiger partial charge in [0.05, 0.1) is 11.6 Å². The largest absolute Gasteiger partial charge is 0.420 e. The van der Waals surface area contributed by atoms with Gasteiger partial charge >= 0.3 is 0 Å². The lowest BCUT2D eigenvalue weighted by molar-refractivity contribution is 0.378. The summed E-state index contributed by atoms with van der Waals surface area (Å²) in [4.78, 5) is 7.81. The Hall–Kier alpha value is -2.45. The lowest BCUT2D eigenvalue weighted by Crippen LogP contribution is -2.21. The van der Waals surface area contributed by atoms with E-state index in [9.17, 15) is 5.26 Å². The van der Waals surface area contributed by atoms with Crippen LogP contribution in [-0.4, -0.2) is 9.97 Å². The molecule has 0 fully saturated rings. The van der Waals surface area contributed by atoms with Gasteiger partial charge in [0.1, 0.15) is 17.5 Å². The molecule has 0 saturated heterocycles. The molecule has 0 amide bonds. The third-order valence-corrected chi connectivity index (χ3v) is 3.99. The Morgan fingerprint density at radius 3 is 2.74 bits per heavy atom. The molecule has 3 rings (SSSR count). The minimum atomic E-state index is -0.369. The van der Waals surface area contributed by atoms with Crippen LogP contribution in [0.25, 0.3) is 0 Å². The molecule has 2 aromatic rings. The fraction of sp³-hybridized carbons (Fsp3) is 0.294. The number of aromatic nitrogens is 2. The highest BCUT2D eigenvalue weighted by Gasteiger charge is 2.35. The second-order valence-corrected chi connectivity index (χ2v) is 6.97. The maximum atomic E-state index is 9.52. The maximum Gasteiger partial charge on any atom is 0.243 e. The molecule has 1 aliphatic heterocycles. The molecule has 23 heavy (non-hydrogen) atoms. The van der Waals surface area contributed by atoms with Gasteiger partial charge in [-0.25, -0.2) is 0 Å². The molecule has 0 spiro atoms. The Kier molecular flexibility index (Phi) is 3.57. The second kappa shape index (κ2) is 5.32. The Morgan fingerprint density at radius 1 is 1.39 bits per heavy atom. The Labute approximate surface area is 139 Å². The van der Waals surface area contributed by atoms with E-state index in [1.807, 2.05) is 39.0 Å². The molecule has 1 aromatic carbocycles. The standard InChI is InChI=1S/C17H17ClN4O/c1-17(2,3)16-21-13-12(9-5-4-6-10(18)7-9)11(8-19)14(20)23-15(13)22-16/h4-7,12H,20H2,1-3H3,(H,21,22). The van der Waals surface area contributed by atoms with E-state index in [1.54, 1.807) is 6.07 Å². The lowest BCUT2D eigenvalue weighted by atomic mass is 9.88. The molecule has 0 saturated carbocycles. The normalized spacial score (nSPS) is 17.4. The quantitative estimate of drug-likeness (QED) is 0.837. The van der Waals surface area contributed by atoms with Crippen molar-refractivity contribution in [3.8, 4) is 11.9 Å². The number of halogens is 1. The van der Waals surface area contributed by atoms with Crippen molar-refractivity contribution in [2.24, 2.45) is 5.73 Å². The first-order chi connectivity index (χ1) is 10.8. The van der Waals surface area contributed by atoms with Crippen molar-refractivity contribution in [2.75, 3.05) is 0 Å². The van der Waals surface area contributed by atoms with Gasteiger partial charge in [0.2, 0.25) is 11.8 Å². The number of fused-ring (bicyclic) bond motifs is 1. The van der Waals surface area contributed by atoms with Crippen molar-refractivity contribution >= 4 is 11.6 Å². The van der Waals surface area contributed by atoms with Crippen LogP contribution in [0, 0.1) is 11.3 Å². The molecular formula is C17H17ClN4O. The zero-order valence-corrected chi connectivity index (χ0v) is 13.9. The van der Waals surface area contributed by atoms with Gasteiger partial charge in [0, 0.05) is 10.4 Å².